The Labute approximate surface area is 100 Å². The van der Waals surface area contributed by atoms with Crippen molar-refractivity contribution in [3.8, 4) is 0 Å². The zero-order valence-corrected chi connectivity index (χ0v) is 8.58. The van der Waals surface area contributed by atoms with Crippen LogP contribution < -0.4 is 62.0 Å². The zero-order valence-electron chi connectivity index (χ0n) is 5.46. The van der Waals surface area contributed by atoms with Crippen molar-refractivity contribution in [3.63, 3.8) is 0 Å². The van der Waals surface area contributed by atoms with Crippen LogP contribution in [0.3, 0.4) is 0 Å². The summed E-state index contributed by atoms with van der Waals surface area (Å²) in [6, 6.07) is 0. The molecule has 0 amide bonds. The van der Waals surface area contributed by atoms with E-state index in [1.54, 1.807) is 0 Å². The summed E-state index contributed by atoms with van der Waals surface area (Å²) < 4.78 is 0. The number of hydrogen-bond donors (Lipinski definition) is 1. The summed E-state index contributed by atoms with van der Waals surface area (Å²) in [7, 11) is 0. The predicted molar refractivity (Wildman–Crippen MR) is 26.5 cm³/mol. The molecule has 0 saturated carbocycles. The van der Waals surface area contributed by atoms with Crippen molar-refractivity contribution in [2.75, 3.05) is 0 Å². The van der Waals surface area contributed by atoms with Gasteiger partial charge in [0.1, 0.15) is 6.26 Å². The van der Waals surface area contributed by atoms with Crippen molar-refractivity contribution >= 4 is 5.97 Å². The van der Waals surface area contributed by atoms with E-state index < -0.39 is 5.97 Å². The van der Waals surface area contributed by atoms with Crippen molar-refractivity contribution in [1.29, 1.82) is 0 Å². The van der Waals surface area contributed by atoms with Crippen LogP contribution in [0.25, 0.3) is 0 Å². The maximum absolute atomic E-state index is 10.0. The Bertz CT molecular complexity index is 187. The molecule has 0 fully saturated rings. The summed E-state index contributed by atoms with van der Waals surface area (Å²) >= 11 is 0. The number of carboxylic acids is 1. The van der Waals surface area contributed by atoms with Gasteiger partial charge in [-0.3, -0.25) is 0 Å². The molecule has 0 unspecified atom stereocenters. The van der Waals surface area contributed by atoms with Gasteiger partial charge in [-0.1, -0.05) is 0 Å². The molecule has 0 atom stereocenters. The number of rotatable bonds is 1. The van der Waals surface area contributed by atoms with Gasteiger partial charge in [-0.25, -0.2) is 5.48 Å². The van der Waals surface area contributed by atoms with Crippen LogP contribution in [0.15, 0.2) is 24.1 Å². The number of hydrogen-bond acceptors (Lipinski definition) is 4. The van der Waals surface area contributed by atoms with Crippen molar-refractivity contribution in [1.82, 2.24) is 5.48 Å². The smallest absolute Gasteiger partial charge is 0.545 e. The van der Waals surface area contributed by atoms with E-state index in [1.165, 1.54) is 18.5 Å². The van der Waals surface area contributed by atoms with Gasteiger partial charge in [0.15, 0.2) is 0 Å². The molecule has 0 spiro atoms. The molecule has 0 saturated heterocycles. The molecule has 0 aromatic carbocycles. The van der Waals surface area contributed by atoms with Crippen LogP contribution in [0.2, 0.25) is 0 Å². The van der Waals surface area contributed by atoms with Crippen LogP contribution in [-0.4, -0.2) is 5.97 Å². The van der Waals surface area contributed by atoms with Crippen LogP contribution >= 0.6 is 0 Å². The molecule has 48 valence electrons. The third-order valence-corrected chi connectivity index (χ3v) is 0.834. The molecule has 5 heteroatoms. The van der Waals surface area contributed by atoms with Gasteiger partial charge in [0.05, 0.1) is 5.97 Å². The summed E-state index contributed by atoms with van der Waals surface area (Å²) in [6.45, 7) is 0. The van der Waals surface area contributed by atoms with E-state index in [0.29, 0.717) is 0 Å². The van der Waals surface area contributed by atoms with Crippen LogP contribution in [0.1, 0.15) is 0 Å². The van der Waals surface area contributed by atoms with Crippen LogP contribution in [0, 0.1) is 0 Å². The maximum Gasteiger partial charge on any atom is 1.00 e. The second-order valence-electron chi connectivity index (χ2n) is 1.43. The molecule has 1 rings (SSSR count). The fourth-order valence-corrected chi connectivity index (χ4v) is 0.419. The van der Waals surface area contributed by atoms with Crippen molar-refractivity contribution < 1.29 is 66.1 Å². The number of carboxylic acid groups (broad SMARTS) is 1. The quantitative estimate of drug-likeness (QED) is 0.399. The number of carbonyl (C=O) groups excluding carboxylic acids is 1. The second kappa shape index (κ2) is 4.92. The summed E-state index contributed by atoms with van der Waals surface area (Å²) in [6.07, 6.45) is 3.73. The van der Waals surface area contributed by atoms with E-state index in [-0.39, 0.29) is 57.0 Å². The van der Waals surface area contributed by atoms with E-state index in [1.807, 2.05) is 0 Å². The van der Waals surface area contributed by atoms with Crippen molar-refractivity contribution in [2.45, 2.75) is 0 Å². The molecule has 0 aromatic rings. The first-order valence-electron chi connectivity index (χ1n) is 2.30. The largest absolute Gasteiger partial charge is 1.00 e. The third-order valence-electron chi connectivity index (χ3n) is 0.834. The zero-order chi connectivity index (χ0) is 6.69. The monoisotopic (exact) mass is 165 g/mol. The first-order chi connectivity index (χ1) is 4.30. The average molecular weight is 165 g/mol. The first kappa shape index (κ1) is 10.2. The Kier molecular flexibility index (Phi) is 5.01. The second-order valence-corrected chi connectivity index (χ2v) is 1.43. The van der Waals surface area contributed by atoms with E-state index in [2.05, 4.69) is 10.3 Å². The predicted octanol–water partition coefficient (Wildman–Crippen LogP) is -4.33. The van der Waals surface area contributed by atoms with Crippen LogP contribution in [-0.2, 0) is 9.63 Å². The Balaban J connectivity index is 0.000000810. The van der Waals surface area contributed by atoms with Crippen LogP contribution in [0.4, 0.5) is 0 Å². The van der Waals surface area contributed by atoms with Gasteiger partial charge >= 0.3 is 51.4 Å². The molecule has 0 bridgehead atoms. The van der Waals surface area contributed by atoms with E-state index in [9.17, 15) is 9.90 Å². The Morgan fingerprint density at radius 2 is 2.40 bits per heavy atom. The molecule has 0 aromatic heterocycles. The fourth-order valence-electron chi connectivity index (χ4n) is 0.419. The number of aliphatic carboxylic acids is 1. The first-order valence-corrected chi connectivity index (χ1v) is 2.30. The summed E-state index contributed by atoms with van der Waals surface area (Å²) in [5, 5.41) is 10.0. The summed E-state index contributed by atoms with van der Waals surface area (Å²) in [5.41, 5.74) is 2.32. The Hall–Kier alpha value is 0.186. The molecule has 10 heavy (non-hydrogen) atoms. The molecule has 0 aliphatic carbocycles. The van der Waals surface area contributed by atoms with Crippen LogP contribution in [0.5, 0.6) is 0 Å². The fraction of sp³-hybridized carbons (Fsp3) is 0. The third kappa shape index (κ3) is 2.85. The Morgan fingerprint density at radius 1 is 1.70 bits per heavy atom. The Morgan fingerprint density at radius 3 is 2.70 bits per heavy atom. The molecule has 1 N–H and O–H groups in total. The number of nitrogens with one attached hydrogen (secondary N) is 1. The van der Waals surface area contributed by atoms with E-state index in [4.69, 9.17) is 0 Å². The average Bonchev–Trinajstić information content (AvgIpc) is 1.90. The minimum atomic E-state index is -1.22. The standard InChI is InChI=1S/C5H5NO3.K/c7-5(8)4-1-2-9-6-3-4;/h1-3,6H,(H,7,8);/q;+1/p-1. The molecule has 1 aliphatic heterocycles. The topological polar surface area (TPSA) is 61.4 Å². The molecule has 1 heterocycles. The molecular weight excluding hydrogens is 161 g/mol. The molecule has 4 nitrogen and oxygen atoms in total. The maximum atomic E-state index is 10.0. The minimum absolute atomic E-state index is 0. The summed E-state index contributed by atoms with van der Waals surface area (Å²) in [4.78, 5) is 14.5. The van der Waals surface area contributed by atoms with Gasteiger partial charge in [0.2, 0.25) is 0 Å². The van der Waals surface area contributed by atoms with Gasteiger partial charge in [0, 0.05) is 11.8 Å². The van der Waals surface area contributed by atoms with Crippen molar-refractivity contribution in [2.24, 2.45) is 0 Å². The van der Waals surface area contributed by atoms with Gasteiger partial charge in [-0.05, 0) is 6.08 Å². The van der Waals surface area contributed by atoms with Gasteiger partial charge in [-0.2, -0.15) is 0 Å². The molecular formula is C5H4KNO3. The van der Waals surface area contributed by atoms with E-state index >= 15 is 0 Å². The molecule has 0 radical (unpaired) electrons. The van der Waals surface area contributed by atoms with Gasteiger partial charge in [-0.15, -0.1) is 0 Å². The van der Waals surface area contributed by atoms with Gasteiger partial charge < -0.3 is 14.7 Å². The van der Waals surface area contributed by atoms with Crippen molar-refractivity contribution in [3.05, 3.63) is 24.1 Å². The SMILES string of the molecule is O=C([O-])C1=CNOC=C1.[K+]. The number of hydroxylamine groups is 1. The van der Waals surface area contributed by atoms with Gasteiger partial charge in [0.25, 0.3) is 0 Å². The molecule has 1 aliphatic rings. The normalized spacial score (nSPS) is 13.8. The number of carbonyl (C=O) groups is 1. The minimum Gasteiger partial charge on any atom is -0.545 e. The van der Waals surface area contributed by atoms with E-state index in [0.717, 1.165) is 0 Å². The summed E-state index contributed by atoms with van der Waals surface area (Å²) in [5.74, 6) is -1.22.